The molecule has 8 nitrogen and oxygen atoms in total. The number of para-hydroxylation sites is 1. The Balaban J connectivity index is 1.84. The lowest BCUT2D eigenvalue weighted by molar-refractivity contribution is -0.113. The predicted molar refractivity (Wildman–Crippen MR) is 101 cm³/mol. The fraction of sp³-hybridized carbons (Fsp3) is 0.0556. The third-order valence-corrected chi connectivity index (χ3v) is 4.42. The average molecular weight is 382 g/mol. The van der Waals surface area contributed by atoms with E-state index in [1.807, 2.05) is 24.3 Å². The Bertz CT molecular complexity index is 1050. The van der Waals surface area contributed by atoms with Gasteiger partial charge in [-0.2, -0.15) is 0 Å². The number of carboxylic acid groups (broad SMARTS) is 1. The quantitative estimate of drug-likeness (QED) is 0.340. The highest BCUT2D eigenvalue weighted by atomic mass is 32.1. The molecule has 0 spiro atoms. The van der Waals surface area contributed by atoms with Crippen molar-refractivity contribution < 1.29 is 19.8 Å². The largest absolute Gasteiger partial charge is 0.510 e. The molecular formula is C18H14N4O4S. The first-order chi connectivity index (χ1) is 13.0. The first-order valence-corrected chi connectivity index (χ1v) is 8.58. The Morgan fingerprint density at radius 1 is 1.07 bits per heavy atom. The molecule has 0 fully saturated rings. The van der Waals surface area contributed by atoms with Crippen LogP contribution in [0.15, 0.2) is 70.2 Å². The van der Waals surface area contributed by atoms with Crippen molar-refractivity contribution in [3.8, 4) is 0 Å². The lowest BCUT2D eigenvalue weighted by Gasteiger charge is -2.03. The molecule has 0 atom stereocenters. The molecule has 0 bridgehead atoms. The van der Waals surface area contributed by atoms with Crippen LogP contribution >= 0.6 is 11.3 Å². The zero-order chi connectivity index (χ0) is 19.4. The number of thiazole rings is 1. The van der Waals surface area contributed by atoms with Gasteiger partial charge in [0.15, 0.2) is 10.8 Å². The topological polar surface area (TPSA) is 124 Å². The van der Waals surface area contributed by atoms with Gasteiger partial charge in [0.25, 0.3) is 5.91 Å². The second-order valence-electron chi connectivity index (χ2n) is 5.40. The molecule has 9 heteroatoms. The number of carboxylic acids is 1. The number of nitrogens with one attached hydrogen (secondary N) is 1. The second kappa shape index (κ2) is 7.75. The number of nitrogens with zero attached hydrogens (tertiary/aromatic N) is 3. The van der Waals surface area contributed by atoms with Crippen LogP contribution in [0.2, 0.25) is 0 Å². The van der Waals surface area contributed by atoms with Gasteiger partial charge < -0.3 is 10.2 Å². The molecule has 3 N–H and O–H groups in total. The molecule has 1 heterocycles. The van der Waals surface area contributed by atoms with Crippen molar-refractivity contribution in [3.05, 3.63) is 65.6 Å². The lowest BCUT2D eigenvalue weighted by Crippen LogP contribution is -2.14. The summed E-state index contributed by atoms with van der Waals surface area (Å²) in [5, 5.41) is 29.4. The van der Waals surface area contributed by atoms with Gasteiger partial charge in [-0.15, -0.1) is 10.2 Å². The van der Waals surface area contributed by atoms with Gasteiger partial charge >= 0.3 is 5.97 Å². The van der Waals surface area contributed by atoms with E-state index >= 15 is 0 Å². The van der Waals surface area contributed by atoms with Crippen LogP contribution in [-0.2, 0) is 4.79 Å². The van der Waals surface area contributed by atoms with Crippen molar-refractivity contribution in [3.63, 3.8) is 0 Å². The maximum Gasteiger partial charge on any atom is 0.337 e. The average Bonchev–Trinajstić information content (AvgIpc) is 3.04. The highest BCUT2D eigenvalue weighted by Gasteiger charge is 2.16. The standard InChI is InChI=1S/C18H14N4O4S/c1-10(23)15(22-21-12-7-3-2-6-11(12)17(25)26)16(24)20-18-19-13-8-4-5-9-14(13)27-18/h2-9,23H,1H3,(H,25,26)(H,19,20,24). The summed E-state index contributed by atoms with van der Waals surface area (Å²) in [6.45, 7) is 1.29. The van der Waals surface area contributed by atoms with Gasteiger partial charge in [-0.3, -0.25) is 10.1 Å². The van der Waals surface area contributed by atoms with Crippen LogP contribution in [0.25, 0.3) is 10.2 Å². The minimum absolute atomic E-state index is 0.0662. The summed E-state index contributed by atoms with van der Waals surface area (Å²) in [5.41, 5.74) is 0.398. The van der Waals surface area contributed by atoms with Crippen molar-refractivity contribution in [1.29, 1.82) is 0 Å². The molecule has 0 unspecified atom stereocenters. The lowest BCUT2D eigenvalue weighted by atomic mass is 10.2. The Hall–Kier alpha value is -3.59. The molecule has 3 aromatic rings. The van der Waals surface area contributed by atoms with Crippen LogP contribution in [0, 0.1) is 0 Å². The van der Waals surface area contributed by atoms with Crippen molar-refractivity contribution >= 4 is 44.2 Å². The summed E-state index contributed by atoms with van der Waals surface area (Å²) in [7, 11) is 0. The number of amides is 1. The van der Waals surface area contributed by atoms with E-state index < -0.39 is 11.9 Å². The number of anilines is 1. The van der Waals surface area contributed by atoms with Crippen molar-refractivity contribution in [2.75, 3.05) is 5.32 Å². The molecule has 0 radical (unpaired) electrons. The summed E-state index contributed by atoms with van der Waals surface area (Å²) < 4.78 is 0.899. The van der Waals surface area contributed by atoms with Gasteiger partial charge in [0.1, 0.15) is 11.4 Å². The van der Waals surface area contributed by atoms with E-state index in [4.69, 9.17) is 5.11 Å². The number of aliphatic hydroxyl groups is 1. The number of benzene rings is 2. The molecule has 2 aromatic carbocycles. The molecule has 0 aliphatic rings. The highest BCUT2D eigenvalue weighted by molar-refractivity contribution is 7.22. The maximum absolute atomic E-state index is 12.4. The number of allylic oxidation sites excluding steroid dienone is 1. The predicted octanol–water partition coefficient (Wildman–Crippen LogP) is 4.51. The summed E-state index contributed by atoms with van der Waals surface area (Å²) in [6.07, 6.45) is 0. The molecule has 0 aliphatic carbocycles. The molecule has 136 valence electrons. The molecule has 0 aliphatic heterocycles. The van der Waals surface area contributed by atoms with Crippen molar-refractivity contribution in [2.24, 2.45) is 10.2 Å². The van der Waals surface area contributed by atoms with Crippen LogP contribution in [0.5, 0.6) is 0 Å². The number of carbonyl (C=O) groups excluding carboxylic acids is 1. The number of azo groups is 1. The fourth-order valence-electron chi connectivity index (χ4n) is 2.21. The number of rotatable bonds is 5. The first-order valence-electron chi connectivity index (χ1n) is 7.76. The Kier molecular flexibility index (Phi) is 5.23. The maximum atomic E-state index is 12.4. The van der Waals surface area contributed by atoms with Gasteiger partial charge in [0.05, 0.1) is 15.8 Å². The van der Waals surface area contributed by atoms with E-state index in [1.165, 1.54) is 30.4 Å². The minimum atomic E-state index is -1.17. The van der Waals surface area contributed by atoms with E-state index in [1.54, 1.807) is 12.1 Å². The number of fused-ring (bicyclic) bond motifs is 1. The minimum Gasteiger partial charge on any atom is -0.510 e. The molecule has 1 amide bonds. The Morgan fingerprint density at radius 3 is 2.48 bits per heavy atom. The smallest absolute Gasteiger partial charge is 0.337 e. The van der Waals surface area contributed by atoms with E-state index in [9.17, 15) is 14.7 Å². The van der Waals surface area contributed by atoms with Crippen LogP contribution in [-0.4, -0.2) is 27.1 Å². The highest BCUT2D eigenvalue weighted by Crippen LogP contribution is 2.26. The van der Waals surface area contributed by atoms with Crippen molar-refractivity contribution in [2.45, 2.75) is 6.92 Å². The van der Waals surface area contributed by atoms with Gasteiger partial charge in [-0.25, -0.2) is 9.78 Å². The Morgan fingerprint density at radius 2 is 1.78 bits per heavy atom. The number of aromatic carboxylic acids is 1. The van der Waals surface area contributed by atoms with E-state index in [0.717, 1.165) is 10.2 Å². The second-order valence-corrected chi connectivity index (χ2v) is 6.43. The van der Waals surface area contributed by atoms with Gasteiger partial charge in [0, 0.05) is 0 Å². The number of hydrogen-bond acceptors (Lipinski definition) is 7. The number of hydrogen-bond donors (Lipinski definition) is 3. The van der Waals surface area contributed by atoms with E-state index in [-0.39, 0.29) is 22.7 Å². The summed E-state index contributed by atoms with van der Waals surface area (Å²) in [4.78, 5) is 27.9. The zero-order valence-electron chi connectivity index (χ0n) is 14.1. The third-order valence-electron chi connectivity index (χ3n) is 3.46. The first kappa shape index (κ1) is 18.2. The zero-order valence-corrected chi connectivity index (χ0v) is 14.9. The van der Waals surface area contributed by atoms with Crippen molar-refractivity contribution in [1.82, 2.24) is 4.98 Å². The number of aliphatic hydroxyl groups excluding tert-OH is 1. The van der Waals surface area contributed by atoms with Gasteiger partial charge in [0.2, 0.25) is 0 Å². The fourth-order valence-corrected chi connectivity index (χ4v) is 3.07. The van der Waals surface area contributed by atoms with Crippen LogP contribution in [0.4, 0.5) is 10.8 Å². The third kappa shape index (κ3) is 4.15. The Labute approximate surface area is 157 Å². The van der Waals surface area contributed by atoms with Gasteiger partial charge in [-0.1, -0.05) is 35.6 Å². The normalized spacial score (nSPS) is 12.2. The number of aromatic nitrogens is 1. The molecular weight excluding hydrogens is 368 g/mol. The molecule has 0 saturated carbocycles. The monoisotopic (exact) mass is 382 g/mol. The molecule has 27 heavy (non-hydrogen) atoms. The van der Waals surface area contributed by atoms with Gasteiger partial charge in [-0.05, 0) is 31.2 Å². The SMILES string of the molecule is CC(O)=C(N=Nc1ccccc1C(=O)O)C(=O)Nc1nc2ccccc2s1. The van der Waals surface area contributed by atoms with E-state index in [2.05, 4.69) is 20.5 Å². The molecule has 1 aromatic heterocycles. The summed E-state index contributed by atoms with van der Waals surface area (Å²) in [6, 6.07) is 13.4. The number of carbonyl (C=O) groups is 2. The van der Waals surface area contributed by atoms with Crippen LogP contribution in [0.3, 0.4) is 0 Å². The van der Waals surface area contributed by atoms with E-state index in [0.29, 0.717) is 5.13 Å². The summed E-state index contributed by atoms with van der Waals surface area (Å²) in [5.74, 6) is -2.23. The summed E-state index contributed by atoms with van der Waals surface area (Å²) >= 11 is 1.28. The van der Waals surface area contributed by atoms with Crippen LogP contribution in [0.1, 0.15) is 17.3 Å². The molecule has 0 saturated heterocycles. The molecule has 3 rings (SSSR count). The van der Waals surface area contributed by atoms with Crippen LogP contribution < -0.4 is 5.32 Å².